The number of carbonyl (C=O) groups excluding carboxylic acids is 2. The minimum absolute atomic E-state index is 0.297. The quantitative estimate of drug-likeness (QED) is 0.439. The molecule has 1 amide bonds. The molecule has 5 nitrogen and oxygen atoms in total. The van der Waals surface area contributed by atoms with E-state index >= 15 is 0 Å². The van der Waals surface area contributed by atoms with Crippen LogP contribution in [0.2, 0.25) is 0 Å². The summed E-state index contributed by atoms with van der Waals surface area (Å²) in [5, 5.41) is 4.37. The first-order valence-corrected chi connectivity index (χ1v) is 9.00. The number of ether oxygens (including phenoxy) is 1. The van der Waals surface area contributed by atoms with E-state index in [9.17, 15) is 9.59 Å². The van der Waals surface area contributed by atoms with E-state index in [1.807, 2.05) is 73.6 Å². The molecule has 0 aliphatic heterocycles. The van der Waals surface area contributed by atoms with Crippen molar-refractivity contribution in [2.75, 3.05) is 25.6 Å². The lowest BCUT2D eigenvalue weighted by atomic mass is 10.2. The molecular weight excluding hydrogens is 348 g/mol. The van der Waals surface area contributed by atoms with Crippen molar-refractivity contribution in [2.24, 2.45) is 0 Å². The molecule has 136 valence electrons. The number of nitrogens with one attached hydrogen (secondary N) is 1. The van der Waals surface area contributed by atoms with Crippen LogP contribution in [0.5, 0.6) is 0 Å². The third-order valence-electron chi connectivity index (χ3n) is 3.44. The number of anilines is 1. The van der Waals surface area contributed by atoms with Gasteiger partial charge in [-0.3, -0.25) is 4.79 Å². The van der Waals surface area contributed by atoms with Crippen LogP contribution >= 0.6 is 11.8 Å². The Kier molecular flexibility index (Phi) is 7.76. The molecule has 0 unspecified atom stereocenters. The summed E-state index contributed by atoms with van der Waals surface area (Å²) in [6.45, 7) is 0.0960. The topological polar surface area (TPSA) is 58.6 Å². The number of rotatable bonds is 8. The molecule has 2 aromatic rings. The van der Waals surface area contributed by atoms with Crippen molar-refractivity contribution in [1.82, 2.24) is 5.32 Å². The lowest BCUT2D eigenvalue weighted by Crippen LogP contribution is -2.28. The molecule has 2 rings (SSSR count). The third kappa shape index (κ3) is 7.03. The van der Waals surface area contributed by atoms with Crippen molar-refractivity contribution in [3.8, 4) is 0 Å². The second-order valence-corrected chi connectivity index (χ2v) is 6.66. The Morgan fingerprint density at radius 3 is 2.42 bits per heavy atom. The minimum Gasteiger partial charge on any atom is -0.452 e. The SMILES string of the molecule is CN(C)c1ccc(CNC(=O)COC(=O)/C=C/Sc2ccccc2)cc1. The number of esters is 1. The van der Waals surface area contributed by atoms with Gasteiger partial charge >= 0.3 is 5.97 Å². The highest BCUT2D eigenvalue weighted by Crippen LogP contribution is 2.17. The van der Waals surface area contributed by atoms with E-state index in [1.165, 1.54) is 17.8 Å². The van der Waals surface area contributed by atoms with Crippen LogP contribution in [0.1, 0.15) is 5.56 Å². The molecule has 0 atom stereocenters. The Bertz CT molecular complexity index is 743. The van der Waals surface area contributed by atoms with Crippen molar-refractivity contribution < 1.29 is 14.3 Å². The van der Waals surface area contributed by atoms with E-state index < -0.39 is 5.97 Å². The number of amides is 1. The summed E-state index contributed by atoms with van der Waals surface area (Å²) in [7, 11) is 3.94. The minimum atomic E-state index is -0.543. The molecule has 0 spiro atoms. The standard InChI is InChI=1S/C20H22N2O3S/c1-22(2)17-10-8-16(9-11-17)14-21-19(23)15-25-20(24)12-13-26-18-6-4-3-5-7-18/h3-13H,14-15H2,1-2H3,(H,21,23)/b13-12+. The number of benzene rings is 2. The van der Waals surface area contributed by atoms with E-state index in [-0.39, 0.29) is 12.5 Å². The molecule has 0 fully saturated rings. The van der Waals surface area contributed by atoms with Crippen LogP contribution < -0.4 is 10.2 Å². The van der Waals surface area contributed by atoms with Gasteiger partial charge < -0.3 is 15.0 Å². The molecule has 2 aromatic carbocycles. The summed E-state index contributed by atoms with van der Waals surface area (Å²) < 4.78 is 4.92. The van der Waals surface area contributed by atoms with Crippen molar-refractivity contribution in [3.63, 3.8) is 0 Å². The van der Waals surface area contributed by atoms with Gasteiger partial charge in [0.2, 0.25) is 0 Å². The lowest BCUT2D eigenvalue weighted by Gasteiger charge is -2.12. The van der Waals surface area contributed by atoms with Crippen molar-refractivity contribution in [3.05, 3.63) is 71.6 Å². The van der Waals surface area contributed by atoms with E-state index in [2.05, 4.69) is 5.32 Å². The number of carbonyl (C=O) groups is 2. The summed E-state index contributed by atoms with van der Waals surface area (Å²) in [4.78, 5) is 26.4. The zero-order chi connectivity index (χ0) is 18.8. The third-order valence-corrected chi connectivity index (χ3v) is 4.26. The second-order valence-electron chi connectivity index (χ2n) is 5.68. The Labute approximate surface area is 158 Å². The van der Waals surface area contributed by atoms with Gasteiger partial charge in [0.15, 0.2) is 6.61 Å². The Balaban J connectivity index is 1.67. The van der Waals surface area contributed by atoms with Gasteiger partial charge in [-0.2, -0.15) is 0 Å². The predicted molar refractivity (Wildman–Crippen MR) is 105 cm³/mol. The van der Waals surface area contributed by atoms with Gasteiger partial charge in [-0.25, -0.2) is 4.79 Å². The number of hydrogen-bond acceptors (Lipinski definition) is 5. The first-order chi connectivity index (χ1) is 12.5. The van der Waals surface area contributed by atoms with Crippen molar-refractivity contribution in [1.29, 1.82) is 0 Å². The normalized spacial score (nSPS) is 10.5. The first kappa shape index (κ1) is 19.6. The van der Waals surface area contributed by atoms with Crippen LogP contribution in [0.15, 0.2) is 71.0 Å². The summed E-state index contributed by atoms with van der Waals surface area (Å²) in [5.74, 6) is -0.877. The Hall–Kier alpha value is -2.73. The number of nitrogens with zero attached hydrogens (tertiary/aromatic N) is 1. The highest BCUT2D eigenvalue weighted by atomic mass is 32.2. The van der Waals surface area contributed by atoms with Crippen LogP contribution in [0, 0.1) is 0 Å². The average Bonchev–Trinajstić information content (AvgIpc) is 2.66. The van der Waals surface area contributed by atoms with Crippen molar-refractivity contribution >= 4 is 29.3 Å². The fourth-order valence-corrected chi connectivity index (χ4v) is 2.67. The van der Waals surface area contributed by atoms with Gasteiger partial charge in [-0.05, 0) is 35.2 Å². The predicted octanol–water partition coefficient (Wildman–Crippen LogP) is 3.22. The summed E-state index contributed by atoms with van der Waals surface area (Å²) in [6.07, 6.45) is 1.31. The lowest BCUT2D eigenvalue weighted by molar-refractivity contribution is -0.143. The maximum absolute atomic E-state index is 11.8. The summed E-state index contributed by atoms with van der Waals surface area (Å²) in [6, 6.07) is 17.5. The maximum Gasteiger partial charge on any atom is 0.331 e. The van der Waals surface area contributed by atoms with E-state index in [0.29, 0.717) is 6.54 Å². The second kappa shape index (κ2) is 10.3. The van der Waals surface area contributed by atoms with E-state index in [4.69, 9.17) is 4.74 Å². The van der Waals surface area contributed by atoms with Gasteiger partial charge in [0.05, 0.1) is 0 Å². The van der Waals surface area contributed by atoms with Crippen LogP contribution in [0.25, 0.3) is 0 Å². The van der Waals surface area contributed by atoms with Gasteiger partial charge in [-0.1, -0.05) is 42.1 Å². The maximum atomic E-state index is 11.8. The number of hydrogen-bond donors (Lipinski definition) is 1. The number of thioether (sulfide) groups is 1. The summed E-state index contributed by atoms with van der Waals surface area (Å²) >= 11 is 1.41. The fourth-order valence-electron chi connectivity index (χ4n) is 2.02. The Morgan fingerprint density at radius 1 is 1.08 bits per heavy atom. The van der Waals surface area contributed by atoms with Gasteiger partial charge in [0, 0.05) is 37.3 Å². The molecule has 0 aliphatic carbocycles. The smallest absolute Gasteiger partial charge is 0.331 e. The highest BCUT2D eigenvalue weighted by Gasteiger charge is 2.05. The average molecular weight is 370 g/mol. The van der Waals surface area contributed by atoms with Crippen molar-refractivity contribution in [2.45, 2.75) is 11.4 Å². The fraction of sp³-hybridized carbons (Fsp3) is 0.200. The molecule has 0 heterocycles. The van der Waals surface area contributed by atoms with Crippen LogP contribution in [0.3, 0.4) is 0 Å². The van der Waals surface area contributed by atoms with Crippen LogP contribution in [-0.2, 0) is 20.9 Å². The van der Waals surface area contributed by atoms with Crippen LogP contribution in [0.4, 0.5) is 5.69 Å². The molecule has 1 N–H and O–H groups in total. The van der Waals surface area contributed by atoms with Crippen LogP contribution in [-0.4, -0.2) is 32.6 Å². The molecule has 0 radical (unpaired) electrons. The van der Waals surface area contributed by atoms with E-state index in [0.717, 1.165) is 16.1 Å². The first-order valence-electron chi connectivity index (χ1n) is 8.12. The largest absolute Gasteiger partial charge is 0.452 e. The zero-order valence-corrected chi connectivity index (χ0v) is 15.7. The zero-order valence-electron chi connectivity index (χ0n) is 14.8. The molecule has 0 saturated heterocycles. The molecule has 0 aliphatic rings. The molecule has 0 aromatic heterocycles. The Morgan fingerprint density at radius 2 is 1.77 bits per heavy atom. The van der Waals surface area contributed by atoms with E-state index in [1.54, 1.807) is 5.41 Å². The molecule has 0 bridgehead atoms. The highest BCUT2D eigenvalue weighted by molar-refractivity contribution is 8.02. The van der Waals surface area contributed by atoms with Gasteiger partial charge in [0.1, 0.15) is 0 Å². The van der Waals surface area contributed by atoms with Gasteiger partial charge in [-0.15, -0.1) is 0 Å². The monoisotopic (exact) mass is 370 g/mol. The molecule has 0 saturated carbocycles. The molecular formula is C20H22N2O3S. The summed E-state index contributed by atoms with van der Waals surface area (Å²) in [5.41, 5.74) is 2.07. The van der Waals surface area contributed by atoms with Gasteiger partial charge in [0.25, 0.3) is 5.91 Å². The molecule has 6 heteroatoms. The molecule has 26 heavy (non-hydrogen) atoms.